The second-order valence-electron chi connectivity index (χ2n) is 7.06. The number of hydrogen-bond donors (Lipinski definition) is 3. The second kappa shape index (κ2) is 9.80. The molecular formula is C23H19Cl2N5O2. The number of carbonyl (C=O) groups is 1. The summed E-state index contributed by atoms with van der Waals surface area (Å²) in [6.07, 6.45) is 5.79. The number of pyridine rings is 3. The zero-order valence-corrected chi connectivity index (χ0v) is 18.4. The number of aromatic nitrogens is 3. The molecule has 0 aliphatic carbocycles. The Labute approximate surface area is 194 Å². The molecule has 0 saturated carbocycles. The molecule has 4 aromatic rings. The van der Waals surface area contributed by atoms with E-state index in [9.17, 15) is 9.90 Å². The first-order valence-corrected chi connectivity index (χ1v) is 10.6. The van der Waals surface area contributed by atoms with Crippen molar-refractivity contribution in [1.82, 2.24) is 20.3 Å². The van der Waals surface area contributed by atoms with Gasteiger partial charge in [0.1, 0.15) is 11.3 Å². The summed E-state index contributed by atoms with van der Waals surface area (Å²) in [4.78, 5) is 25.6. The molecule has 1 aromatic carbocycles. The van der Waals surface area contributed by atoms with E-state index in [4.69, 9.17) is 23.2 Å². The summed E-state index contributed by atoms with van der Waals surface area (Å²) in [5, 5.41) is 18.2. The van der Waals surface area contributed by atoms with Gasteiger partial charge in [-0.25, -0.2) is 4.98 Å². The monoisotopic (exact) mass is 467 g/mol. The molecule has 3 aromatic heterocycles. The number of amides is 1. The maximum atomic E-state index is 12.8. The minimum Gasteiger partial charge on any atom is -0.504 e. The second-order valence-corrected chi connectivity index (χ2v) is 7.93. The van der Waals surface area contributed by atoms with Crippen molar-refractivity contribution in [2.75, 3.05) is 11.9 Å². The third-order valence-corrected chi connectivity index (χ3v) is 5.19. The molecule has 3 heterocycles. The van der Waals surface area contributed by atoms with Crippen molar-refractivity contribution in [2.45, 2.75) is 13.0 Å². The predicted octanol–water partition coefficient (Wildman–Crippen LogP) is 4.62. The van der Waals surface area contributed by atoms with Gasteiger partial charge in [0, 0.05) is 47.1 Å². The van der Waals surface area contributed by atoms with E-state index >= 15 is 0 Å². The first kappa shape index (κ1) is 21.8. The summed E-state index contributed by atoms with van der Waals surface area (Å²) in [7, 11) is 0. The fraction of sp³-hybridized carbons (Fsp3) is 0.130. The average molecular weight is 468 g/mol. The Morgan fingerprint density at radius 2 is 1.81 bits per heavy atom. The molecule has 9 heteroatoms. The highest BCUT2D eigenvalue weighted by Gasteiger charge is 2.20. The number of halogens is 2. The molecule has 0 spiro atoms. The van der Waals surface area contributed by atoms with E-state index in [1.165, 1.54) is 0 Å². The minimum absolute atomic E-state index is 0.117. The van der Waals surface area contributed by atoms with Crippen LogP contribution in [0.3, 0.4) is 0 Å². The third kappa shape index (κ3) is 5.07. The van der Waals surface area contributed by atoms with Gasteiger partial charge in [0.15, 0.2) is 11.4 Å². The van der Waals surface area contributed by atoms with Crippen LogP contribution in [0.15, 0.2) is 61.1 Å². The van der Waals surface area contributed by atoms with Gasteiger partial charge in [0.2, 0.25) is 0 Å². The van der Waals surface area contributed by atoms with Gasteiger partial charge in [0.25, 0.3) is 5.91 Å². The summed E-state index contributed by atoms with van der Waals surface area (Å²) in [6, 6.07) is 12.4. The van der Waals surface area contributed by atoms with E-state index in [1.807, 2.05) is 12.1 Å². The Morgan fingerprint density at radius 1 is 1.03 bits per heavy atom. The standard InChI is InChI=1S/C23H19Cl2N5O2/c24-16-9-15(10-17(25)11-16)13-29-23(32)20-21(31)19-18(4-2-7-27-19)22(30-20)28-8-5-14-3-1-6-26-12-14/h1-4,6-7,9-12,31H,5,8,13H2,(H,28,30)(H,29,32). The molecule has 0 fully saturated rings. The van der Waals surface area contributed by atoms with E-state index in [2.05, 4.69) is 25.6 Å². The zero-order chi connectivity index (χ0) is 22.5. The topological polar surface area (TPSA) is 100 Å². The lowest BCUT2D eigenvalue weighted by Gasteiger charge is -2.13. The van der Waals surface area contributed by atoms with Crippen LogP contribution in [0.4, 0.5) is 5.82 Å². The summed E-state index contributed by atoms with van der Waals surface area (Å²) in [6.45, 7) is 0.736. The molecule has 1 amide bonds. The lowest BCUT2D eigenvalue weighted by atomic mass is 10.1. The van der Waals surface area contributed by atoms with E-state index in [1.54, 1.807) is 48.9 Å². The molecule has 4 rings (SSSR count). The van der Waals surface area contributed by atoms with Gasteiger partial charge in [-0.1, -0.05) is 29.3 Å². The van der Waals surface area contributed by atoms with Crippen LogP contribution in [0.1, 0.15) is 21.6 Å². The molecule has 162 valence electrons. The first-order valence-electron chi connectivity index (χ1n) is 9.85. The Balaban J connectivity index is 1.56. The number of fused-ring (bicyclic) bond motifs is 1. The average Bonchev–Trinajstić information content (AvgIpc) is 2.79. The molecule has 7 nitrogen and oxygen atoms in total. The van der Waals surface area contributed by atoms with Crippen LogP contribution in [0.25, 0.3) is 10.9 Å². The zero-order valence-electron chi connectivity index (χ0n) is 16.8. The van der Waals surface area contributed by atoms with Crippen LogP contribution in [0.2, 0.25) is 10.0 Å². The Kier molecular flexibility index (Phi) is 6.68. The van der Waals surface area contributed by atoms with Crippen molar-refractivity contribution in [2.24, 2.45) is 0 Å². The maximum Gasteiger partial charge on any atom is 0.274 e. The molecule has 0 aliphatic heterocycles. The Bertz CT molecular complexity index is 1250. The van der Waals surface area contributed by atoms with Crippen LogP contribution in [-0.2, 0) is 13.0 Å². The highest BCUT2D eigenvalue weighted by atomic mass is 35.5. The highest BCUT2D eigenvalue weighted by molar-refractivity contribution is 6.34. The first-order chi connectivity index (χ1) is 15.5. The number of carbonyl (C=O) groups excluding carboxylic acids is 1. The molecule has 32 heavy (non-hydrogen) atoms. The van der Waals surface area contributed by atoms with Crippen molar-refractivity contribution < 1.29 is 9.90 Å². The van der Waals surface area contributed by atoms with Crippen LogP contribution in [-0.4, -0.2) is 32.5 Å². The molecule has 0 unspecified atom stereocenters. The van der Waals surface area contributed by atoms with Gasteiger partial charge in [-0.2, -0.15) is 0 Å². The van der Waals surface area contributed by atoms with Gasteiger partial charge in [-0.05, 0) is 53.9 Å². The van der Waals surface area contributed by atoms with Crippen LogP contribution < -0.4 is 10.6 Å². The van der Waals surface area contributed by atoms with Crippen molar-refractivity contribution in [3.05, 3.63) is 87.9 Å². The summed E-state index contributed by atoms with van der Waals surface area (Å²) in [5.74, 6) is -0.354. The van der Waals surface area contributed by atoms with Crippen LogP contribution in [0, 0.1) is 0 Å². The van der Waals surface area contributed by atoms with Crippen molar-refractivity contribution in [3.8, 4) is 5.75 Å². The van der Waals surface area contributed by atoms with E-state index in [-0.39, 0.29) is 18.0 Å². The van der Waals surface area contributed by atoms with Crippen LogP contribution >= 0.6 is 23.2 Å². The lowest BCUT2D eigenvalue weighted by molar-refractivity contribution is 0.0943. The number of nitrogens with zero attached hydrogens (tertiary/aromatic N) is 3. The molecular weight excluding hydrogens is 449 g/mol. The number of nitrogens with one attached hydrogen (secondary N) is 2. The SMILES string of the molecule is O=C(NCc1cc(Cl)cc(Cl)c1)c1nc(NCCc2cccnc2)c2cccnc2c1O. The largest absolute Gasteiger partial charge is 0.504 e. The normalized spacial score (nSPS) is 10.8. The number of aromatic hydroxyl groups is 1. The van der Waals surface area contributed by atoms with Crippen LogP contribution in [0.5, 0.6) is 5.75 Å². The molecule has 0 saturated heterocycles. The van der Waals surface area contributed by atoms with E-state index < -0.39 is 5.91 Å². The number of benzene rings is 1. The Hall–Kier alpha value is -3.42. The molecule has 0 atom stereocenters. The molecule has 0 bridgehead atoms. The third-order valence-electron chi connectivity index (χ3n) is 4.75. The smallest absolute Gasteiger partial charge is 0.274 e. The van der Waals surface area contributed by atoms with Crippen molar-refractivity contribution >= 4 is 45.8 Å². The van der Waals surface area contributed by atoms with Gasteiger partial charge in [-0.3, -0.25) is 14.8 Å². The van der Waals surface area contributed by atoms with Crippen molar-refractivity contribution in [3.63, 3.8) is 0 Å². The van der Waals surface area contributed by atoms with Gasteiger partial charge >= 0.3 is 0 Å². The number of anilines is 1. The van der Waals surface area contributed by atoms with Gasteiger partial charge in [-0.15, -0.1) is 0 Å². The number of rotatable bonds is 7. The quantitative estimate of drug-likeness (QED) is 0.366. The highest BCUT2D eigenvalue weighted by Crippen LogP contribution is 2.30. The molecule has 0 radical (unpaired) electrons. The van der Waals surface area contributed by atoms with Crippen molar-refractivity contribution in [1.29, 1.82) is 0 Å². The summed E-state index contributed by atoms with van der Waals surface area (Å²) in [5.41, 5.74) is 1.97. The summed E-state index contributed by atoms with van der Waals surface area (Å²) < 4.78 is 0. The number of hydrogen-bond acceptors (Lipinski definition) is 6. The van der Waals surface area contributed by atoms with Gasteiger partial charge in [0.05, 0.1) is 0 Å². The lowest BCUT2D eigenvalue weighted by Crippen LogP contribution is -2.24. The summed E-state index contributed by atoms with van der Waals surface area (Å²) >= 11 is 12.0. The van der Waals surface area contributed by atoms with E-state index in [0.717, 1.165) is 17.5 Å². The predicted molar refractivity (Wildman–Crippen MR) is 125 cm³/mol. The molecule has 3 N–H and O–H groups in total. The van der Waals surface area contributed by atoms with E-state index in [0.29, 0.717) is 33.3 Å². The van der Waals surface area contributed by atoms with Gasteiger partial charge < -0.3 is 15.7 Å². The maximum absolute atomic E-state index is 12.8. The fourth-order valence-corrected chi connectivity index (χ4v) is 3.84. The Morgan fingerprint density at radius 3 is 2.56 bits per heavy atom. The molecule has 0 aliphatic rings. The fourth-order valence-electron chi connectivity index (χ4n) is 3.27. The minimum atomic E-state index is -0.540.